The van der Waals surface area contributed by atoms with E-state index in [2.05, 4.69) is 97.6 Å². The molecule has 0 saturated carbocycles. The Labute approximate surface area is 338 Å². The highest BCUT2D eigenvalue weighted by Crippen LogP contribution is 2.36. The third-order valence-corrected chi connectivity index (χ3v) is 9.16. The fourth-order valence-electron chi connectivity index (χ4n) is 6.19. The van der Waals surface area contributed by atoms with Crippen molar-refractivity contribution < 1.29 is 33.3 Å². The number of hydrogen-bond donors (Lipinski definition) is 0. The number of carbonyl (C=O) groups is 2. The van der Waals surface area contributed by atoms with Crippen LogP contribution in [0.3, 0.4) is 0 Å². The van der Waals surface area contributed by atoms with E-state index in [1.165, 1.54) is 18.1 Å². The first kappa shape index (κ1) is 38.7. The van der Waals surface area contributed by atoms with E-state index in [0.29, 0.717) is 23.0 Å². The van der Waals surface area contributed by atoms with Crippen molar-refractivity contribution in [3.8, 4) is 34.5 Å². The van der Waals surface area contributed by atoms with Gasteiger partial charge in [-0.15, -0.1) is 0 Å². The number of esters is 1. The molecule has 7 aromatic carbocycles. The number of carbonyl (C=O) groups excluding carboxylic acids is 2. The molecule has 7 rings (SSSR count). The van der Waals surface area contributed by atoms with Crippen LogP contribution < -0.4 is 28.6 Å². The van der Waals surface area contributed by atoms with Crippen molar-refractivity contribution in [1.82, 2.24) is 0 Å². The second-order valence-corrected chi connectivity index (χ2v) is 13.5. The van der Waals surface area contributed by atoms with Crippen molar-refractivity contribution in [3.63, 3.8) is 0 Å². The molecule has 0 fully saturated rings. The summed E-state index contributed by atoms with van der Waals surface area (Å²) in [7, 11) is 1.65. The van der Waals surface area contributed by atoms with Crippen molar-refractivity contribution in [2.75, 3.05) is 12.0 Å². The minimum absolute atomic E-state index is 0.288. The standard InChI is InChI=1S/C50H41NO7/c1-34-5-15-40(16-6-34)51(41-17-7-35(2)8-18-41)42-19-9-37(10-20-42)33-49(38-11-21-43(54-4)22-12-38)39-13-23-47(24-14-39)57-50(53)58-48-31-29-46(30-32-48)56-45-27-25-44(26-28-45)55-36(3)52/h5-33H,1-4H3/b49-33+. The maximum atomic E-state index is 12.8. The summed E-state index contributed by atoms with van der Waals surface area (Å²) in [5.74, 6) is 2.48. The molecule has 0 saturated heterocycles. The van der Waals surface area contributed by atoms with E-state index in [9.17, 15) is 9.59 Å². The van der Waals surface area contributed by atoms with E-state index in [-0.39, 0.29) is 5.75 Å². The van der Waals surface area contributed by atoms with Crippen LogP contribution in [0.25, 0.3) is 11.6 Å². The van der Waals surface area contributed by atoms with E-state index < -0.39 is 12.1 Å². The maximum absolute atomic E-state index is 12.8. The van der Waals surface area contributed by atoms with Gasteiger partial charge in [-0.1, -0.05) is 71.8 Å². The van der Waals surface area contributed by atoms with E-state index >= 15 is 0 Å². The molecule has 0 unspecified atom stereocenters. The average Bonchev–Trinajstić information content (AvgIpc) is 3.23. The fourth-order valence-corrected chi connectivity index (χ4v) is 6.19. The molecule has 8 heteroatoms. The first-order valence-corrected chi connectivity index (χ1v) is 18.7. The Bertz CT molecular complexity index is 2450. The zero-order valence-electron chi connectivity index (χ0n) is 32.5. The fraction of sp³-hybridized carbons (Fsp3) is 0.0800. The molecule has 58 heavy (non-hydrogen) atoms. The van der Waals surface area contributed by atoms with Crippen LogP contribution in [-0.2, 0) is 4.79 Å². The number of aryl methyl sites for hydroxylation is 2. The Balaban J connectivity index is 1.06. The van der Waals surface area contributed by atoms with Gasteiger partial charge < -0.3 is 28.6 Å². The lowest BCUT2D eigenvalue weighted by Gasteiger charge is -2.26. The summed E-state index contributed by atoms with van der Waals surface area (Å²) in [6, 6.07) is 54.0. The van der Waals surface area contributed by atoms with Crippen LogP contribution in [0.2, 0.25) is 0 Å². The van der Waals surface area contributed by atoms with Crippen LogP contribution >= 0.6 is 0 Å². The molecule has 0 aliphatic carbocycles. The summed E-state index contributed by atoms with van der Waals surface area (Å²) in [5, 5.41) is 0. The topological polar surface area (TPSA) is 83.5 Å². The summed E-state index contributed by atoms with van der Waals surface area (Å²) in [6.07, 6.45) is 1.27. The van der Waals surface area contributed by atoms with Gasteiger partial charge in [-0.3, -0.25) is 4.79 Å². The van der Waals surface area contributed by atoms with Crippen molar-refractivity contribution in [3.05, 3.63) is 198 Å². The number of hydrogen-bond acceptors (Lipinski definition) is 8. The molecule has 0 amide bonds. The van der Waals surface area contributed by atoms with Crippen molar-refractivity contribution in [2.45, 2.75) is 20.8 Å². The van der Waals surface area contributed by atoms with Gasteiger partial charge in [-0.05, 0) is 151 Å². The molecule has 0 atom stereocenters. The number of rotatable bonds is 12. The molecule has 288 valence electrons. The SMILES string of the molecule is COc1ccc(/C(=C\c2ccc(N(c3ccc(C)cc3)c3ccc(C)cc3)cc2)c2ccc(OC(=O)Oc3ccc(Oc4ccc(OC(C)=O)cc4)cc3)cc2)cc1. The Morgan fingerprint density at radius 3 is 1.22 bits per heavy atom. The summed E-state index contributed by atoms with van der Waals surface area (Å²) < 4.78 is 27.3. The lowest BCUT2D eigenvalue weighted by Crippen LogP contribution is -2.13. The lowest BCUT2D eigenvalue weighted by atomic mass is 9.95. The highest BCUT2D eigenvalue weighted by Gasteiger charge is 2.14. The molecule has 0 bridgehead atoms. The van der Waals surface area contributed by atoms with Crippen LogP contribution in [-0.4, -0.2) is 19.2 Å². The average molecular weight is 768 g/mol. The van der Waals surface area contributed by atoms with E-state index in [0.717, 1.165) is 45.1 Å². The number of anilines is 3. The third-order valence-electron chi connectivity index (χ3n) is 9.16. The van der Waals surface area contributed by atoms with E-state index in [1.807, 2.05) is 36.4 Å². The molecular weight excluding hydrogens is 727 g/mol. The van der Waals surface area contributed by atoms with E-state index in [1.54, 1.807) is 67.8 Å². The second-order valence-electron chi connectivity index (χ2n) is 13.5. The lowest BCUT2D eigenvalue weighted by molar-refractivity contribution is -0.131. The minimum Gasteiger partial charge on any atom is -0.497 e. The minimum atomic E-state index is -0.876. The molecule has 8 nitrogen and oxygen atoms in total. The number of nitrogens with zero attached hydrogens (tertiary/aromatic N) is 1. The Morgan fingerprint density at radius 1 is 0.448 bits per heavy atom. The molecule has 0 N–H and O–H groups in total. The number of benzene rings is 7. The summed E-state index contributed by atoms with van der Waals surface area (Å²) in [6.45, 7) is 5.52. The Kier molecular flexibility index (Phi) is 11.9. The normalized spacial score (nSPS) is 11.0. The molecule has 0 aromatic heterocycles. The molecule has 0 radical (unpaired) electrons. The highest BCUT2D eigenvalue weighted by molar-refractivity contribution is 5.92. The van der Waals surface area contributed by atoms with Crippen LogP contribution in [0.4, 0.5) is 21.9 Å². The first-order valence-electron chi connectivity index (χ1n) is 18.7. The van der Waals surface area contributed by atoms with Crippen LogP contribution in [0.1, 0.15) is 34.7 Å². The molecule has 0 aliphatic rings. The van der Waals surface area contributed by atoms with Gasteiger partial charge in [0.05, 0.1) is 7.11 Å². The monoisotopic (exact) mass is 767 g/mol. The second kappa shape index (κ2) is 17.9. The van der Waals surface area contributed by atoms with Crippen LogP contribution in [0.15, 0.2) is 170 Å². The molecule has 7 aromatic rings. The van der Waals surface area contributed by atoms with Gasteiger partial charge in [0.25, 0.3) is 0 Å². The van der Waals surface area contributed by atoms with Crippen molar-refractivity contribution in [2.24, 2.45) is 0 Å². The predicted molar refractivity (Wildman–Crippen MR) is 228 cm³/mol. The van der Waals surface area contributed by atoms with Crippen LogP contribution in [0, 0.1) is 13.8 Å². The third kappa shape index (κ3) is 9.99. The van der Waals surface area contributed by atoms with E-state index in [4.69, 9.17) is 23.7 Å². The van der Waals surface area contributed by atoms with Gasteiger partial charge in [0.1, 0.15) is 34.5 Å². The molecule has 0 heterocycles. The highest BCUT2D eigenvalue weighted by atomic mass is 16.7. The zero-order valence-corrected chi connectivity index (χ0v) is 32.5. The predicted octanol–water partition coefficient (Wildman–Crippen LogP) is 12.7. The summed E-state index contributed by atoms with van der Waals surface area (Å²) in [5.41, 5.74) is 9.51. The maximum Gasteiger partial charge on any atom is 0.519 e. The number of methoxy groups -OCH3 is 1. The molecule has 0 spiro atoms. The summed E-state index contributed by atoms with van der Waals surface area (Å²) >= 11 is 0. The Morgan fingerprint density at radius 2 is 0.810 bits per heavy atom. The van der Waals surface area contributed by atoms with Gasteiger partial charge in [0, 0.05) is 24.0 Å². The summed E-state index contributed by atoms with van der Waals surface area (Å²) in [4.78, 5) is 26.2. The van der Waals surface area contributed by atoms with Gasteiger partial charge >= 0.3 is 12.1 Å². The smallest absolute Gasteiger partial charge is 0.497 e. The van der Waals surface area contributed by atoms with Crippen LogP contribution in [0.5, 0.6) is 34.5 Å². The van der Waals surface area contributed by atoms with Crippen molar-refractivity contribution in [1.29, 1.82) is 0 Å². The van der Waals surface area contributed by atoms with Gasteiger partial charge in [-0.2, -0.15) is 0 Å². The van der Waals surface area contributed by atoms with Gasteiger partial charge in [0.15, 0.2) is 0 Å². The first-order chi connectivity index (χ1) is 28.2. The van der Waals surface area contributed by atoms with Crippen molar-refractivity contribution >= 4 is 40.8 Å². The quantitative estimate of drug-likeness (QED) is 0.0526. The Hall–Kier alpha value is -7.58. The largest absolute Gasteiger partial charge is 0.519 e. The van der Waals surface area contributed by atoms with Gasteiger partial charge in [-0.25, -0.2) is 4.79 Å². The zero-order chi connectivity index (χ0) is 40.4. The number of ether oxygens (including phenoxy) is 5. The van der Waals surface area contributed by atoms with Gasteiger partial charge in [0.2, 0.25) is 0 Å². The molecular formula is C50H41NO7. The molecule has 0 aliphatic heterocycles.